The average Bonchev–Trinajstić information content (AvgIpc) is 2.19. The van der Waals surface area contributed by atoms with Crippen LogP contribution in [0.2, 0.25) is 0 Å². The maximum atomic E-state index is 3.45. The zero-order chi connectivity index (χ0) is 10.6. The fraction of sp³-hybridized carbons (Fsp3) is 1.00. The number of hydrogen-bond donors (Lipinski definition) is 1. The molecule has 0 spiro atoms. The van der Waals surface area contributed by atoms with Crippen molar-refractivity contribution in [2.75, 3.05) is 13.1 Å². The topological polar surface area (TPSA) is 12.0 Å². The van der Waals surface area contributed by atoms with Crippen LogP contribution < -0.4 is 5.32 Å². The van der Waals surface area contributed by atoms with Crippen LogP contribution >= 0.6 is 0 Å². The van der Waals surface area contributed by atoms with Gasteiger partial charge in [0.05, 0.1) is 0 Å². The van der Waals surface area contributed by atoms with Crippen LogP contribution in [-0.4, -0.2) is 13.1 Å². The third-order valence-electron chi connectivity index (χ3n) is 4.07. The van der Waals surface area contributed by atoms with Gasteiger partial charge >= 0.3 is 0 Å². The molecular weight excluding hydrogens is 170 g/mol. The van der Waals surface area contributed by atoms with Crippen molar-refractivity contribution in [2.24, 2.45) is 23.7 Å². The number of hydrogen-bond acceptors (Lipinski definition) is 1. The molecule has 1 fully saturated rings. The van der Waals surface area contributed by atoms with Gasteiger partial charge < -0.3 is 5.32 Å². The van der Waals surface area contributed by atoms with E-state index in [1.165, 1.54) is 32.4 Å². The molecule has 0 aliphatic carbocycles. The Hall–Kier alpha value is -0.0400. The second-order valence-corrected chi connectivity index (χ2v) is 5.52. The van der Waals surface area contributed by atoms with Crippen LogP contribution in [-0.2, 0) is 0 Å². The van der Waals surface area contributed by atoms with E-state index in [0.717, 1.165) is 23.7 Å². The van der Waals surface area contributed by atoms with Crippen LogP contribution in [0.1, 0.15) is 47.0 Å². The fourth-order valence-electron chi connectivity index (χ4n) is 2.46. The second-order valence-electron chi connectivity index (χ2n) is 5.52. The van der Waals surface area contributed by atoms with Gasteiger partial charge in [0.1, 0.15) is 0 Å². The van der Waals surface area contributed by atoms with Gasteiger partial charge in [-0.15, -0.1) is 0 Å². The lowest BCUT2D eigenvalue weighted by Crippen LogP contribution is -2.31. The quantitative estimate of drug-likeness (QED) is 0.729. The molecule has 84 valence electrons. The van der Waals surface area contributed by atoms with Crippen molar-refractivity contribution in [1.29, 1.82) is 0 Å². The van der Waals surface area contributed by atoms with E-state index < -0.39 is 0 Å². The molecule has 1 aliphatic rings. The molecule has 1 rings (SSSR count). The lowest BCUT2D eigenvalue weighted by atomic mass is 9.78. The molecule has 0 aromatic carbocycles. The van der Waals surface area contributed by atoms with Crippen molar-refractivity contribution in [2.45, 2.75) is 47.0 Å². The lowest BCUT2D eigenvalue weighted by Gasteiger charge is -2.30. The van der Waals surface area contributed by atoms with E-state index in [4.69, 9.17) is 0 Å². The number of nitrogens with one attached hydrogen (secondary N) is 1. The average molecular weight is 197 g/mol. The van der Waals surface area contributed by atoms with E-state index in [-0.39, 0.29) is 0 Å². The Balaban J connectivity index is 2.28. The van der Waals surface area contributed by atoms with Crippen molar-refractivity contribution >= 4 is 0 Å². The van der Waals surface area contributed by atoms with E-state index in [9.17, 15) is 0 Å². The molecule has 2 atom stereocenters. The van der Waals surface area contributed by atoms with Crippen molar-refractivity contribution < 1.29 is 0 Å². The SMILES string of the molecule is CC(C)C(C)CC(C)C1CCNCC1. The molecule has 1 nitrogen and oxygen atoms in total. The minimum atomic E-state index is 0.846. The normalized spacial score (nSPS) is 23.8. The van der Waals surface area contributed by atoms with Crippen molar-refractivity contribution in [3.8, 4) is 0 Å². The molecule has 0 amide bonds. The minimum absolute atomic E-state index is 0.846. The number of rotatable bonds is 4. The van der Waals surface area contributed by atoms with Gasteiger partial charge in [0, 0.05) is 0 Å². The van der Waals surface area contributed by atoms with Crippen molar-refractivity contribution in [3.63, 3.8) is 0 Å². The van der Waals surface area contributed by atoms with Gasteiger partial charge in [-0.05, 0) is 56.0 Å². The highest BCUT2D eigenvalue weighted by atomic mass is 14.9. The highest BCUT2D eigenvalue weighted by Crippen LogP contribution is 2.29. The molecular formula is C13H27N. The first kappa shape index (κ1) is 12.0. The molecule has 1 aliphatic heterocycles. The Kier molecular flexibility index (Phi) is 4.94. The van der Waals surface area contributed by atoms with Gasteiger partial charge in [0.2, 0.25) is 0 Å². The van der Waals surface area contributed by atoms with E-state index in [1.54, 1.807) is 0 Å². The molecule has 0 aromatic rings. The third kappa shape index (κ3) is 3.61. The summed E-state index contributed by atoms with van der Waals surface area (Å²) in [7, 11) is 0. The van der Waals surface area contributed by atoms with Gasteiger partial charge in [-0.25, -0.2) is 0 Å². The Morgan fingerprint density at radius 3 is 2.14 bits per heavy atom. The first-order chi connectivity index (χ1) is 6.61. The largest absolute Gasteiger partial charge is 0.317 e. The van der Waals surface area contributed by atoms with E-state index in [1.807, 2.05) is 0 Å². The van der Waals surface area contributed by atoms with Gasteiger partial charge in [0.25, 0.3) is 0 Å². The van der Waals surface area contributed by atoms with E-state index in [2.05, 4.69) is 33.0 Å². The zero-order valence-electron chi connectivity index (χ0n) is 10.3. The predicted octanol–water partition coefficient (Wildman–Crippen LogP) is 3.30. The Morgan fingerprint density at radius 2 is 1.64 bits per heavy atom. The second kappa shape index (κ2) is 5.75. The summed E-state index contributed by atoms with van der Waals surface area (Å²) in [5.74, 6) is 3.64. The highest BCUT2D eigenvalue weighted by molar-refractivity contribution is 4.75. The zero-order valence-corrected chi connectivity index (χ0v) is 10.3. The predicted molar refractivity (Wildman–Crippen MR) is 63.4 cm³/mol. The van der Waals surface area contributed by atoms with Crippen LogP contribution in [0, 0.1) is 23.7 Å². The molecule has 2 unspecified atom stereocenters. The Bertz CT molecular complexity index is 147. The summed E-state index contributed by atoms with van der Waals surface area (Å²) < 4.78 is 0. The monoisotopic (exact) mass is 197 g/mol. The first-order valence-corrected chi connectivity index (χ1v) is 6.32. The maximum absolute atomic E-state index is 3.45. The van der Waals surface area contributed by atoms with Crippen LogP contribution in [0.25, 0.3) is 0 Å². The van der Waals surface area contributed by atoms with Crippen molar-refractivity contribution in [1.82, 2.24) is 5.32 Å². The molecule has 0 aromatic heterocycles. The molecule has 1 N–H and O–H groups in total. The molecule has 0 bridgehead atoms. The van der Waals surface area contributed by atoms with E-state index >= 15 is 0 Å². The van der Waals surface area contributed by atoms with Crippen LogP contribution in [0.5, 0.6) is 0 Å². The summed E-state index contributed by atoms with van der Waals surface area (Å²) in [5.41, 5.74) is 0. The molecule has 0 saturated carbocycles. The Morgan fingerprint density at radius 1 is 1.07 bits per heavy atom. The van der Waals surface area contributed by atoms with Gasteiger partial charge in [-0.3, -0.25) is 0 Å². The molecule has 1 saturated heterocycles. The summed E-state index contributed by atoms with van der Waals surface area (Å²) in [6, 6.07) is 0. The summed E-state index contributed by atoms with van der Waals surface area (Å²) in [4.78, 5) is 0. The maximum Gasteiger partial charge on any atom is -0.00462 e. The standard InChI is InChI=1S/C13H27N/c1-10(2)11(3)9-12(4)13-5-7-14-8-6-13/h10-14H,5-9H2,1-4H3. The summed E-state index contributed by atoms with van der Waals surface area (Å²) >= 11 is 0. The molecule has 1 heterocycles. The summed E-state index contributed by atoms with van der Waals surface area (Å²) in [6.45, 7) is 12.0. The van der Waals surface area contributed by atoms with Gasteiger partial charge in [-0.1, -0.05) is 27.7 Å². The summed E-state index contributed by atoms with van der Waals surface area (Å²) in [6.07, 6.45) is 4.21. The number of piperidine rings is 1. The lowest BCUT2D eigenvalue weighted by molar-refractivity contribution is 0.219. The van der Waals surface area contributed by atoms with Crippen LogP contribution in [0.15, 0.2) is 0 Å². The van der Waals surface area contributed by atoms with Crippen LogP contribution in [0.3, 0.4) is 0 Å². The first-order valence-electron chi connectivity index (χ1n) is 6.32. The Labute approximate surface area is 89.7 Å². The highest BCUT2D eigenvalue weighted by Gasteiger charge is 2.22. The summed E-state index contributed by atoms with van der Waals surface area (Å²) in [5, 5.41) is 3.45. The van der Waals surface area contributed by atoms with Crippen molar-refractivity contribution in [3.05, 3.63) is 0 Å². The molecule has 0 radical (unpaired) electrons. The fourth-order valence-corrected chi connectivity index (χ4v) is 2.46. The molecule has 14 heavy (non-hydrogen) atoms. The minimum Gasteiger partial charge on any atom is -0.317 e. The smallest absolute Gasteiger partial charge is 0.00462 e. The van der Waals surface area contributed by atoms with Crippen LogP contribution in [0.4, 0.5) is 0 Å². The van der Waals surface area contributed by atoms with Gasteiger partial charge in [0.15, 0.2) is 0 Å². The molecule has 1 heteroatoms. The van der Waals surface area contributed by atoms with E-state index in [0.29, 0.717) is 0 Å². The third-order valence-corrected chi connectivity index (χ3v) is 4.07. The van der Waals surface area contributed by atoms with Gasteiger partial charge in [-0.2, -0.15) is 0 Å².